The van der Waals surface area contributed by atoms with Crippen LogP contribution in [0.5, 0.6) is 11.5 Å². The Balaban J connectivity index is 0.00000363. The number of quaternary nitrogens is 1. The number of hydrogen-bond donors (Lipinski definition) is 2. The van der Waals surface area contributed by atoms with E-state index in [0.717, 1.165) is 47.6 Å². The normalized spacial score (nSPS) is 12.5. The predicted octanol–water partition coefficient (Wildman–Crippen LogP) is 1.20. The number of rotatable bonds is 11. The Hall–Kier alpha value is -2.53. The van der Waals surface area contributed by atoms with Crippen LogP contribution >= 0.6 is 0 Å². The molecule has 172 valence electrons. The second-order valence-corrected chi connectivity index (χ2v) is 8.08. The number of methoxy groups -OCH3 is 1. The Bertz CT molecular complexity index is 931. The van der Waals surface area contributed by atoms with Crippen LogP contribution in [0.2, 0.25) is 0 Å². The third-order valence-electron chi connectivity index (χ3n) is 5.64. The second-order valence-electron chi connectivity index (χ2n) is 8.08. The highest BCUT2D eigenvalue weighted by molar-refractivity contribution is 5.37. The Morgan fingerprint density at radius 3 is 2.31 bits per heavy atom. The molecule has 2 unspecified atom stereocenters. The number of nitrogens with two attached hydrogens (primary N) is 1. The Morgan fingerprint density at radius 1 is 0.938 bits per heavy atom. The fourth-order valence-corrected chi connectivity index (χ4v) is 3.67. The number of hydrogen-bond acceptors (Lipinski definition) is 3. The third-order valence-corrected chi connectivity index (χ3v) is 5.64. The van der Waals surface area contributed by atoms with E-state index < -0.39 is 6.10 Å². The number of halogens is 1. The summed E-state index contributed by atoms with van der Waals surface area (Å²) in [6.45, 7) is 5.62. The van der Waals surface area contributed by atoms with Crippen molar-refractivity contribution in [3.63, 3.8) is 0 Å². The molecular formula is C27H34ClNO3. The first-order valence-electron chi connectivity index (χ1n) is 11.0. The lowest BCUT2D eigenvalue weighted by molar-refractivity contribution is -0.694. The largest absolute Gasteiger partial charge is 1.00 e. The van der Waals surface area contributed by atoms with E-state index in [1.54, 1.807) is 7.11 Å². The van der Waals surface area contributed by atoms with Gasteiger partial charge in [-0.2, -0.15) is 0 Å². The van der Waals surface area contributed by atoms with Gasteiger partial charge in [0.15, 0.2) is 0 Å². The van der Waals surface area contributed by atoms with Gasteiger partial charge >= 0.3 is 0 Å². The summed E-state index contributed by atoms with van der Waals surface area (Å²) in [4.78, 5) is 0. The molecule has 0 saturated heterocycles. The average Bonchev–Trinajstić information content (AvgIpc) is 2.81. The summed E-state index contributed by atoms with van der Waals surface area (Å²) < 4.78 is 11.2. The van der Waals surface area contributed by atoms with E-state index >= 15 is 0 Å². The van der Waals surface area contributed by atoms with Gasteiger partial charge in [0, 0.05) is 6.42 Å². The fourth-order valence-electron chi connectivity index (χ4n) is 3.67. The summed E-state index contributed by atoms with van der Waals surface area (Å²) in [5, 5.41) is 13.0. The maximum Gasteiger partial charge on any atom is 0.130 e. The van der Waals surface area contributed by atoms with Gasteiger partial charge in [-0.25, -0.2) is 0 Å². The molecule has 4 nitrogen and oxygen atoms in total. The number of aliphatic hydroxyl groups excluding tert-OH is 1. The van der Waals surface area contributed by atoms with Crippen molar-refractivity contribution in [2.75, 3.05) is 13.7 Å². The quantitative estimate of drug-likeness (QED) is 0.427. The summed E-state index contributed by atoms with van der Waals surface area (Å²) in [6, 6.07) is 24.4. The first-order valence-corrected chi connectivity index (χ1v) is 11.0. The van der Waals surface area contributed by atoms with E-state index in [-0.39, 0.29) is 18.4 Å². The summed E-state index contributed by atoms with van der Waals surface area (Å²) in [6.07, 6.45) is 1.58. The summed E-state index contributed by atoms with van der Waals surface area (Å²) in [5.41, 5.74) is 4.43. The molecule has 0 bridgehead atoms. The minimum absolute atomic E-state index is 0. The highest BCUT2D eigenvalue weighted by atomic mass is 35.5. The van der Waals surface area contributed by atoms with Gasteiger partial charge in [-0.3, -0.25) is 0 Å². The highest BCUT2D eigenvalue weighted by Gasteiger charge is 2.19. The topological polar surface area (TPSA) is 55.3 Å². The van der Waals surface area contributed by atoms with Crippen molar-refractivity contribution < 1.29 is 32.3 Å². The second kappa shape index (κ2) is 13.1. The molecule has 0 heterocycles. The zero-order valence-corrected chi connectivity index (χ0v) is 19.9. The number of ether oxygens (including phenoxy) is 2. The van der Waals surface area contributed by atoms with E-state index in [0.29, 0.717) is 6.61 Å². The molecule has 3 rings (SSSR count). The molecule has 0 aromatic heterocycles. The standard InChI is InChI=1S/C27H33NO3.ClH/c1-20-18-24(13-16-26(20)31-19-23-8-5-4-6-9-23)27(29)21(2)28-17-7-10-22-11-14-25(30-3)15-12-22;/h4-6,8-9,11-16,18,21,27-29H,7,10,17,19H2,1-3H3;1H. The molecule has 3 aromatic carbocycles. The minimum Gasteiger partial charge on any atom is -1.00 e. The lowest BCUT2D eigenvalue weighted by Crippen LogP contribution is -3.00. The van der Waals surface area contributed by atoms with Crippen molar-refractivity contribution in [2.45, 2.75) is 45.4 Å². The van der Waals surface area contributed by atoms with E-state index in [2.05, 4.69) is 36.5 Å². The van der Waals surface area contributed by atoms with Crippen LogP contribution in [0.3, 0.4) is 0 Å². The Labute approximate surface area is 198 Å². The SMILES string of the molecule is COc1ccc(CCC[NH2+]C(C)C(O)c2ccc(OCc3ccccc3)c(C)c2)cc1.[Cl-]. The first-order chi connectivity index (χ1) is 15.1. The van der Waals surface area contributed by atoms with Crippen LogP contribution in [-0.2, 0) is 13.0 Å². The van der Waals surface area contributed by atoms with Crippen molar-refractivity contribution in [1.29, 1.82) is 0 Å². The van der Waals surface area contributed by atoms with E-state index in [4.69, 9.17) is 9.47 Å². The zero-order valence-electron chi connectivity index (χ0n) is 19.1. The molecule has 0 aliphatic rings. The molecule has 2 atom stereocenters. The van der Waals surface area contributed by atoms with Crippen LogP contribution in [0, 0.1) is 6.92 Å². The van der Waals surface area contributed by atoms with Crippen LogP contribution in [0.4, 0.5) is 0 Å². The molecule has 0 amide bonds. The molecule has 0 aliphatic heterocycles. The van der Waals surface area contributed by atoms with Crippen molar-refractivity contribution in [3.05, 3.63) is 95.1 Å². The van der Waals surface area contributed by atoms with Crippen LogP contribution < -0.4 is 27.2 Å². The number of aliphatic hydroxyl groups is 1. The summed E-state index contributed by atoms with van der Waals surface area (Å²) >= 11 is 0. The Kier molecular flexibility index (Phi) is 10.5. The first kappa shape index (κ1) is 25.7. The summed E-state index contributed by atoms with van der Waals surface area (Å²) in [7, 11) is 1.68. The molecule has 5 heteroatoms. The van der Waals surface area contributed by atoms with E-state index in [1.165, 1.54) is 5.56 Å². The van der Waals surface area contributed by atoms with Gasteiger partial charge in [0.25, 0.3) is 0 Å². The molecule has 0 radical (unpaired) electrons. The summed E-state index contributed by atoms with van der Waals surface area (Å²) in [5.74, 6) is 1.75. The third kappa shape index (κ3) is 7.56. The van der Waals surface area contributed by atoms with E-state index in [1.807, 2.05) is 55.5 Å². The highest BCUT2D eigenvalue weighted by Crippen LogP contribution is 2.24. The molecule has 0 aliphatic carbocycles. The molecule has 3 N–H and O–H groups in total. The Morgan fingerprint density at radius 2 is 1.66 bits per heavy atom. The fraction of sp³-hybridized carbons (Fsp3) is 0.333. The van der Waals surface area contributed by atoms with Gasteiger partial charge in [-0.05, 0) is 66.8 Å². The number of aryl methyl sites for hydroxylation is 2. The average molecular weight is 456 g/mol. The minimum atomic E-state index is -0.511. The van der Waals surface area contributed by atoms with E-state index in [9.17, 15) is 5.11 Å². The predicted molar refractivity (Wildman–Crippen MR) is 124 cm³/mol. The van der Waals surface area contributed by atoms with Crippen LogP contribution in [0.25, 0.3) is 0 Å². The molecule has 0 spiro atoms. The molecule has 3 aromatic rings. The van der Waals surface area contributed by atoms with Gasteiger partial charge in [-0.1, -0.05) is 48.5 Å². The van der Waals surface area contributed by atoms with Gasteiger partial charge in [-0.15, -0.1) is 0 Å². The molecule has 0 fully saturated rings. The maximum absolute atomic E-state index is 10.8. The van der Waals surface area contributed by atoms with Crippen LogP contribution in [0.15, 0.2) is 72.8 Å². The molecule has 0 saturated carbocycles. The van der Waals surface area contributed by atoms with Crippen molar-refractivity contribution >= 4 is 0 Å². The zero-order chi connectivity index (χ0) is 22.1. The lowest BCUT2D eigenvalue weighted by Gasteiger charge is -2.19. The van der Waals surface area contributed by atoms with Crippen molar-refractivity contribution in [3.8, 4) is 11.5 Å². The van der Waals surface area contributed by atoms with Gasteiger partial charge in [0.1, 0.15) is 30.3 Å². The van der Waals surface area contributed by atoms with Crippen molar-refractivity contribution in [1.82, 2.24) is 0 Å². The number of benzene rings is 3. The van der Waals surface area contributed by atoms with Crippen LogP contribution in [-0.4, -0.2) is 24.8 Å². The molecular weight excluding hydrogens is 422 g/mol. The lowest BCUT2D eigenvalue weighted by atomic mass is 10.0. The van der Waals surface area contributed by atoms with Gasteiger partial charge < -0.3 is 32.3 Å². The van der Waals surface area contributed by atoms with Crippen molar-refractivity contribution in [2.24, 2.45) is 0 Å². The van der Waals surface area contributed by atoms with Crippen LogP contribution in [0.1, 0.15) is 41.7 Å². The monoisotopic (exact) mass is 455 g/mol. The maximum atomic E-state index is 10.8. The van der Waals surface area contributed by atoms with Gasteiger partial charge in [0.05, 0.1) is 13.7 Å². The van der Waals surface area contributed by atoms with Gasteiger partial charge in [0.2, 0.25) is 0 Å². The molecule has 32 heavy (non-hydrogen) atoms. The smallest absolute Gasteiger partial charge is 0.130 e.